The highest BCUT2D eigenvalue weighted by Gasteiger charge is 2.19. The normalized spacial score (nSPS) is 10.3. The van der Waals surface area contributed by atoms with Crippen molar-refractivity contribution in [3.8, 4) is 6.07 Å². The minimum Gasteiger partial charge on any atom is -0.466 e. The first-order valence-corrected chi connectivity index (χ1v) is 10.1. The number of carbonyl (C=O) groups excluding carboxylic acids is 2. The molecule has 2 rings (SSSR count). The van der Waals surface area contributed by atoms with Crippen LogP contribution in [0.2, 0.25) is 0 Å². The number of anilines is 1. The first-order chi connectivity index (χ1) is 13.0. The Bertz CT molecular complexity index is 835. The van der Waals surface area contributed by atoms with E-state index in [2.05, 4.69) is 4.98 Å². The van der Waals surface area contributed by atoms with Gasteiger partial charge in [-0.05, 0) is 19.1 Å². The van der Waals surface area contributed by atoms with Gasteiger partial charge >= 0.3 is 5.97 Å². The van der Waals surface area contributed by atoms with Crippen LogP contribution in [0.4, 0.5) is 10.1 Å². The summed E-state index contributed by atoms with van der Waals surface area (Å²) in [7, 11) is 0. The fourth-order valence-electron chi connectivity index (χ4n) is 2.21. The molecule has 27 heavy (non-hydrogen) atoms. The molecule has 9 heteroatoms. The van der Waals surface area contributed by atoms with Crippen molar-refractivity contribution in [2.45, 2.75) is 24.1 Å². The summed E-state index contributed by atoms with van der Waals surface area (Å²) in [6.45, 7) is 2.16. The van der Waals surface area contributed by atoms with Crippen molar-refractivity contribution in [1.29, 1.82) is 5.26 Å². The number of aromatic nitrogens is 1. The summed E-state index contributed by atoms with van der Waals surface area (Å²) < 4.78 is 19.6. The summed E-state index contributed by atoms with van der Waals surface area (Å²) in [4.78, 5) is 29.6. The number of amides is 1. The highest BCUT2D eigenvalue weighted by Crippen LogP contribution is 2.25. The summed E-state index contributed by atoms with van der Waals surface area (Å²) in [6.07, 6.45) is 0.189. The molecule has 0 fully saturated rings. The van der Waals surface area contributed by atoms with Crippen molar-refractivity contribution < 1.29 is 18.7 Å². The quantitative estimate of drug-likeness (QED) is 0.468. The molecule has 0 N–H and O–H groups in total. The highest BCUT2D eigenvalue weighted by atomic mass is 32.2. The molecule has 142 valence electrons. The number of rotatable bonds is 9. The Morgan fingerprint density at radius 2 is 2.19 bits per heavy atom. The molecule has 0 bridgehead atoms. The molecule has 1 aromatic heterocycles. The molecule has 0 saturated heterocycles. The van der Waals surface area contributed by atoms with Gasteiger partial charge in [0.2, 0.25) is 5.91 Å². The summed E-state index contributed by atoms with van der Waals surface area (Å²) in [5, 5.41) is 10.5. The topological polar surface area (TPSA) is 83.3 Å². The molecule has 0 atom stereocenters. The fraction of sp³-hybridized carbons (Fsp3) is 0.333. The lowest BCUT2D eigenvalue weighted by molar-refractivity contribution is -0.142. The molecular weight excluding hydrogens is 389 g/mol. The average Bonchev–Trinajstić information content (AvgIpc) is 3.09. The van der Waals surface area contributed by atoms with Crippen LogP contribution >= 0.6 is 23.1 Å². The average molecular weight is 407 g/mol. The van der Waals surface area contributed by atoms with E-state index in [1.54, 1.807) is 24.4 Å². The Balaban J connectivity index is 1.99. The van der Waals surface area contributed by atoms with E-state index in [0.717, 1.165) is 0 Å². The molecule has 0 aliphatic heterocycles. The van der Waals surface area contributed by atoms with Crippen molar-refractivity contribution in [2.75, 3.05) is 23.8 Å². The van der Waals surface area contributed by atoms with Gasteiger partial charge in [-0.2, -0.15) is 5.26 Å². The minimum absolute atomic E-state index is 0.0477. The number of benzene rings is 1. The predicted octanol–water partition coefficient (Wildman–Crippen LogP) is 3.43. The van der Waals surface area contributed by atoms with E-state index >= 15 is 0 Å². The van der Waals surface area contributed by atoms with Crippen LogP contribution in [0, 0.1) is 17.1 Å². The van der Waals surface area contributed by atoms with E-state index < -0.39 is 5.82 Å². The lowest BCUT2D eigenvalue weighted by atomic mass is 10.2. The lowest BCUT2D eigenvalue weighted by Crippen LogP contribution is -2.34. The number of esters is 1. The van der Waals surface area contributed by atoms with Crippen LogP contribution in [0.3, 0.4) is 0 Å². The number of para-hydroxylation sites is 1. The number of hydrogen-bond acceptors (Lipinski definition) is 7. The van der Waals surface area contributed by atoms with E-state index in [-0.39, 0.29) is 42.7 Å². The Morgan fingerprint density at radius 3 is 2.89 bits per heavy atom. The zero-order valence-electron chi connectivity index (χ0n) is 14.7. The number of ether oxygens (including phenoxy) is 1. The van der Waals surface area contributed by atoms with E-state index in [1.165, 1.54) is 40.1 Å². The van der Waals surface area contributed by atoms with E-state index in [4.69, 9.17) is 10.00 Å². The highest BCUT2D eigenvalue weighted by molar-refractivity contribution is 8.01. The van der Waals surface area contributed by atoms with Crippen LogP contribution < -0.4 is 4.90 Å². The number of carbonyl (C=O) groups is 2. The third-order valence-electron chi connectivity index (χ3n) is 3.37. The number of thioether (sulfide) groups is 1. The largest absolute Gasteiger partial charge is 0.466 e. The Labute approximate surface area is 165 Å². The van der Waals surface area contributed by atoms with Gasteiger partial charge in [0.25, 0.3) is 0 Å². The third kappa shape index (κ3) is 6.34. The van der Waals surface area contributed by atoms with Gasteiger partial charge in [0.05, 0.1) is 42.7 Å². The second kappa shape index (κ2) is 10.6. The molecule has 1 heterocycles. The monoisotopic (exact) mass is 407 g/mol. The summed E-state index contributed by atoms with van der Waals surface area (Å²) in [5.74, 6) is -1.13. The molecule has 0 saturated carbocycles. The molecule has 1 amide bonds. The van der Waals surface area contributed by atoms with Crippen LogP contribution in [0.15, 0.2) is 34.0 Å². The minimum atomic E-state index is -0.514. The summed E-state index contributed by atoms with van der Waals surface area (Å²) in [5.41, 5.74) is 0.740. The molecule has 2 aromatic rings. The van der Waals surface area contributed by atoms with Crippen LogP contribution in [-0.4, -0.2) is 35.8 Å². The van der Waals surface area contributed by atoms with Crippen molar-refractivity contribution in [1.82, 2.24) is 4.98 Å². The maximum atomic E-state index is 14.0. The van der Waals surface area contributed by atoms with Gasteiger partial charge in [-0.1, -0.05) is 23.9 Å². The lowest BCUT2D eigenvalue weighted by Gasteiger charge is -2.21. The number of thiazole rings is 1. The van der Waals surface area contributed by atoms with Gasteiger partial charge in [-0.25, -0.2) is 9.37 Å². The molecule has 0 aliphatic rings. The third-order valence-corrected chi connectivity index (χ3v) is 5.43. The molecule has 0 radical (unpaired) electrons. The van der Waals surface area contributed by atoms with Gasteiger partial charge in [-0.3, -0.25) is 9.59 Å². The Kier molecular flexibility index (Phi) is 8.23. The van der Waals surface area contributed by atoms with Gasteiger partial charge in [0.15, 0.2) is 4.34 Å². The van der Waals surface area contributed by atoms with E-state index in [1.807, 2.05) is 6.07 Å². The Morgan fingerprint density at radius 1 is 1.41 bits per heavy atom. The second-order valence-electron chi connectivity index (χ2n) is 5.28. The maximum Gasteiger partial charge on any atom is 0.311 e. The van der Waals surface area contributed by atoms with Crippen LogP contribution in [0.5, 0.6) is 0 Å². The van der Waals surface area contributed by atoms with Gasteiger partial charge < -0.3 is 9.64 Å². The first kappa shape index (κ1) is 20.9. The Hall–Kier alpha value is -2.44. The molecule has 6 nitrogen and oxygen atoms in total. The van der Waals surface area contributed by atoms with Gasteiger partial charge in [0, 0.05) is 11.9 Å². The fourth-order valence-corrected chi connectivity index (χ4v) is 3.93. The molecule has 0 aliphatic carbocycles. The second-order valence-corrected chi connectivity index (χ2v) is 7.36. The number of halogens is 1. The zero-order valence-corrected chi connectivity index (χ0v) is 16.3. The standard InChI is InChI=1S/C18H18FN3O3S2/c1-2-25-17(24)10-13-11-26-18(21-13)27-12-16(23)22(9-5-8-20)15-7-4-3-6-14(15)19/h3-4,6-7,11H,2,5,9-10,12H2,1H3. The smallest absolute Gasteiger partial charge is 0.311 e. The van der Waals surface area contributed by atoms with Crippen molar-refractivity contribution in [3.63, 3.8) is 0 Å². The van der Waals surface area contributed by atoms with Crippen molar-refractivity contribution in [2.24, 2.45) is 0 Å². The SMILES string of the molecule is CCOC(=O)Cc1csc(SCC(=O)N(CCC#N)c2ccccc2F)n1. The van der Waals surface area contributed by atoms with Crippen LogP contribution in [0.25, 0.3) is 0 Å². The molecule has 0 spiro atoms. The molecular formula is C18H18FN3O3S2. The van der Waals surface area contributed by atoms with E-state index in [0.29, 0.717) is 16.6 Å². The van der Waals surface area contributed by atoms with Gasteiger partial charge in [0.1, 0.15) is 5.82 Å². The van der Waals surface area contributed by atoms with Crippen LogP contribution in [0.1, 0.15) is 19.0 Å². The zero-order chi connectivity index (χ0) is 19.6. The van der Waals surface area contributed by atoms with Gasteiger partial charge in [-0.15, -0.1) is 11.3 Å². The van der Waals surface area contributed by atoms with E-state index in [9.17, 15) is 14.0 Å². The predicted molar refractivity (Wildman–Crippen MR) is 102 cm³/mol. The number of hydrogen-bond donors (Lipinski definition) is 0. The number of nitrogens with zero attached hydrogens (tertiary/aromatic N) is 3. The maximum absolute atomic E-state index is 14.0. The van der Waals surface area contributed by atoms with Crippen molar-refractivity contribution in [3.05, 3.63) is 41.2 Å². The van der Waals surface area contributed by atoms with Crippen LogP contribution in [-0.2, 0) is 20.7 Å². The molecule has 1 aromatic carbocycles. The summed E-state index contributed by atoms with van der Waals surface area (Å²) in [6, 6.07) is 7.94. The summed E-state index contributed by atoms with van der Waals surface area (Å²) >= 11 is 2.54. The molecule has 0 unspecified atom stereocenters. The number of nitriles is 1. The first-order valence-electron chi connectivity index (χ1n) is 8.19. The van der Waals surface area contributed by atoms with Crippen molar-refractivity contribution >= 4 is 40.7 Å².